The highest BCUT2D eigenvalue weighted by Gasteiger charge is 2.10. The van der Waals surface area contributed by atoms with Crippen molar-refractivity contribution >= 4 is 6.41 Å². The van der Waals surface area contributed by atoms with Crippen LogP contribution < -0.4 is 9.47 Å². The standard InChI is InChI=1S/C9H12O2.C6H12N2O.C2H6/c1-3-11-9-6-4-8(10-2)5-7-9;1-7-2-4-8(6-9)5-3-7;1-2/h4-7H,3H2,1-2H3;6H,2-5H2,1H3;1-2H3. The third-order valence-corrected chi connectivity index (χ3v) is 3.06. The average molecular weight is 310 g/mol. The van der Waals surface area contributed by atoms with E-state index in [2.05, 4.69) is 11.9 Å². The van der Waals surface area contributed by atoms with Gasteiger partial charge in [0.25, 0.3) is 0 Å². The molecule has 5 heteroatoms. The quantitative estimate of drug-likeness (QED) is 0.801. The van der Waals surface area contributed by atoms with Gasteiger partial charge in [0.1, 0.15) is 11.5 Å². The summed E-state index contributed by atoms with van der Waals surface area (Å²) in [7, 11) is 3.72. The minimum absolute atomic E-state index is 0.701. The second-order valence-electron chi connectivity index (χ2n) is 4.55. The Morgan fingerprint density at radius 2 is 1.55 bits per heavy atom. The van der Waals surface area contributed by atoms with E-state index in [-0.39, 0.29) is 0 Å². The van der Waals surface area contributed by atoms with Gasteiger partial charge in [0.2, 0.25) is 6.41 Å². The first-order chi connectivity index (χ1) is 10.7. The topological polar surface area (TPSA) is 42.0 Å². The second kappa shape index (κ2) is 13.0. The number of benzene rings is 1. The summed E-state index contributed by atoms with van der Waals surface area (Å²) in [6, 6.07) is 7.54. The Kier molecular flexibility index (Phi) is 11.9. The van der Waals surface area contributed by atoms with Crippen molar-refractivity contribution in [3.05, 3.63) is 24.3 Å². The number of hydrogen-bond acceptors (Lipinski definition) is 4. The highest BCUT2D eigenvalue weighted by Crippen LogP contribution is 2.16. The monoisotopic (exact) mass is 310 g/mol. The molecule has 0 radical (unpaired) electrons. The molecule has 1 aliphatic heterocycles. The molecule has 2 rings (SSSR count). The van der Waals surface area contributed by atoms with Crippen LogP contribution in [0.3, 0.4) is 0 Å². The maximum absolute atomic E-state index is 10.2. The minimum atomic E-state index is 0.701. The van der Waals surface area contributed by atoms with Gasteiger partial charge in [-0.05, 0) is 38.2 Å². The fraction of sp³-hybridized carbons (Fsp3) is 0.588. The van der Waals surface area contributed by atoms with Crippen molar-refractivity contribution in [2.24, 2.45) is 0 Å². The number of nitrogens with zero attached hydrogens (tertiary/aromatic N) is 2. The maximum Gasteiger partial charge on any atom is 0.209 e. The fourth-order valence-electron chi connectivity index (χ4n) is 1.77. The molecule has 1 fully saturated rings. The molecule has 0 saturated carbocycles. The van der Waals surface area contributed by atoms with Crippen molar-refractivity contribution in [2.75, 3.05) is 46.9 Å². The van der Waals surface area contributed by atoms with Crippen LogP contribution in [0.4, 0.5) is 0 Å². The van der Waals surface area contributed by atoms with Crippen molar-refractivity contribution in [1.29, 1.82) is 0 Å². The van der Waals surface area contributed by atoms with E-state index in [4.69, 9.17) is 9.47 Å². The summed E-state index contributed by atoms with van der Waals surface area (Å²) in [5, 5.41) is 0. The highest BCUT2D eigenvalue weighted by molar-refractivity contribution is 5.47. The number of carbonyl (C=O) groups is 1. The number of likely N-dealkylation sites (N-methyl/N-ethyl adjacent to an activating group) is 1. The van der Waals surface area contributed by atoms with E-state index in [0.29, 0.717) is 6.61 Å². The van der Waals surface area contributed by atoms with Gasteiger partial charge in [0.05, 0.1) is 13.7 Å². The first-order valence-corrected chi connectivity index (χ1v) is 7.84. The molecular formula is C17H30N2O3. The smallest absolute Gasteiger partial charge is 0.209 e. The van der Waals surface area contributed by atoms with Crippen LogP contribution in [0.2, 0.25) is 0 Å². The summed E-state index contributed by atoms with van der Waals surface area (Å²) in [6.45, 7) is 10.5. The van der Waals surface area contributed by atoms with Crippen LogP contribution in [-0.2, 0) is 4.79 Å². The van der Waals surface area contributed by atoms with E-state index in [1.54, 1.807) is 12.0 Å². The molecule has 0 aliphatic carbocycles. The van der Waals surface area contributed by atoms with Crippen LogP contribution >= 0.6 is 0 Å². The molecule has 0 bridgehead atoms. The van der Waals surface area contributed by atoms with E-state index in [0.717, 1.165) is 44.1 Å². The predicted octanol–water partition coefficient (Wildman–Crippen LogP) is 2.51. The van der Waals surface area contributed by atoms with Crippen LogP contribution in [0.15, 0.2) is 24.3 Å². The predicted molar refractivity (Wildman–Crippen MR) is 90.6 cm³/mol. The number of amides is 1. The molecule has 1 amide bonds. The molecule has 0 unspecified atom stereocenters. The number of hydrogen-bond donors (Lipinski definition) is 0. The molecular weight excluding hydrogens is 280 g/mol. The Hall–Kier alpha value is -1.75. The summed E-state index contributed by atoms with van der Waals surface area (Å²) in [5.41, 5.74) is 0. The number of carbonyl (C=O) groups excluding carboxylic acids is 1. The SMILES string of the molecule is CC.CCOc1ccc(OC)cc1.CN1CCN(C=O)CC1. The number of methoxy groups -OCH3 is 1. The Balaban J connectivity index is 0.000000366. The molecule has 5 nitrogen and oxygen atoms in total. The van der Waals surface area contributed by atoms with E-state index < -0.39 is 0 Å². The van der Waals surface area contributed by atoms with Gasteiger partial charge in [0, 0.05) is 26.2 Å². The number of rotatable bonds is 4. The second-order valence-corrected chi connectivity index (χ2v) is 4.55. The molecule has 126 valence electrons. The van der Waals surface area contributed by atoms with Crippen molar-refractivity contribution < 1.29 is 14.3 Å². The van der Waals surface area contributed by atoms with Crippen molar-refractivity contribution in [1.82, 2.24) is 9.80 Å². The molecule has 1 aromatic rings. The van der Waals surface area contributed by atoms with Crippen molar-refractivity contribution in [3.63, 3.8) is 0 Å². The van der Waals surface area contributed by atoms with Crippen LogP contribution in [0, 0.1) is 0 Å². The number of ether oxygens (including phenoxy) is 2. The van der Waals surface area contributed by atoms with Crippen LogP contribution in [0.25, 0.3) is 0 Å². The van der Waals surface area contributed by atoms with E-state index >= 15 is 0 Å². The van der Waals surface area contributed by atoms with Gasteiger partial charge in [-0.2, -0.15) is 0 Å². The van der Waals surface area contributed by atoms with E-state index in [1.807, 2.05) is 45.0 Å². The zero-order valence-corrected chi connectivity index (χ0v) is 14.5. The van der Waals surface area contributed by atoms with E-state index in [1.165, 1.54) is 0 Å². The van der Waals surface area contributed by atoms with Gasteiger partial charge in [-0.1, -0.05) is 13.8 Å². The zero-order chi connectivity index (χ0) is 16.8. The first-order valence-electron chi connectivity index (χ1n) is 7.84. The van der Waals surface area contributed by atoms with Gasteiger partial charge in [-0.25, -0.2) is 0 Å². The lowest BCUT2D eigenvalue weighted by molar-refractivity contribution is -0.119. The Morgan fingerprint density at radius 1 is 1.05 bits per heavy atom. The maximum atomic E-state index is 10.2. The van der Waals surface area contributed by atoms with Gasteiger partial charge >= 0.3 is 0 Å². The Bertz CT molecular complexity index is 374. The largest absolute Gasteiger partial charge is 0.497 e. The summed E-state index contributed by atoms with van der Waals surface area (Å²) < 4.78 is 10.2. The van der Waals surface area contributed by atoms with Crippen LogP contribution in [0.5, 0.6) is 11.5 Å². The van der Waals surface area contributed by atoms with Gasteiger partial charge < -0.3 is 19.3 Å². The van der Waals surface area contributed by atoms with E-state index in [9.17, 15) is 4.79 Å². The Labute approximate surface area is 134 Å². The Morgan fingerprint density at radius 3 is 1.95 bits per heavy atom. The summed E-state index contributed by atoms with van der Waals surface area (Å²) >= 11 is 0. The van der Waals surface area contributed by atoms with Crippen LogP contribution in [0.1, 0.15) is 20.8 Å². The molecule has 22 heavy (non-hydrogen) atoms. The third-order valence-electron chi connectivity index (χ3n) is 3.06. The molecule has 0 atom stereocenters. The molecule has 1 aliphatic rings. The van der Waals surface area contributed by atoms with Crippen molar-refractivity contribution in [3.8, 4) is 11.5 Å². The lowest BCUT2D eigenvalue weighted by Crippen LogP contribution is -2.43. The summed E-state index contributed by atoms with van der Waals surface area (Å²) in [5.74, 6) is 1.74. The van der Waals surface area contributed by atoms with Gasteiger partial charge in [0.15, 0.2) is 0 Å². The van der Waals surface area contributed by atoms with Crippen molar-refractivity contribution in [2.45, 2.75) is 20.8 Å². The molecule has 0 spiro atoms. The average Bonchev–Trinajstić information content (AvgIpc) is 2.59. The normalized spacial score (nSPS) is 14.0. The van der Waals surface area contributed by atoms with Gasteiger partial charge in [-0.3, -0.25) is 4.79 Å². The third kappa shape index (κ3) is 8.52. The zero-order valence-electron chi connectivity index (χ0n) is 14.5. The lowest BCUT2D eigenvalue weighted by atomic mass is 10.3. The van der Waals surface area contributed by atoms with Gasteiger partial charge in [-0.15, -0.1) is 0 Å². The molecule has 1 saturated heterocycles. The fourth-order valence-corrected chi connectivity index (χ4v) is 1.77. The number of piperazine rings is 1. The molecule has 1 heterocycles. The lowest BCUT2D eigenvalue weighted by Gasteiger charge is -2.29. The highest BCUT2D eigenvalue weighted by atomic mass is 16.5. The summed E-state index contributed by atoms with van der Waals surface area (Å²) in [4.78, 5) is 14.2. The molecule has 1 aromatic carbocycles. The van der Waals surface area contributed by atoms with Crippen LogP contribution in [-0.4, -0.2) is 63.2 Å². The molecule has 0 N–H and O–H groups in total. The first kappa shape index (κ1) is 20.2. The molecule has 0 aromatic heterocycles. The minimum Gasteiger partial charge on any atom is -0.497 e. The summed E-state index contributed by atoms with van der Waals surface area (Å²) in [6.07, 6.45) is 0.924.